The van der Waals surface area contributed by atoms with E-state index in [1.54, 1.807) is 0 Å². The molecule has 1 aromatic carbocycles. The van der Waals surface area contributed by atoms with Crippen LogP contribution in [0, 0.1) is 19.8 Å². The largest absolute Gasteiger partial charge is 0.326 e. The highest BCUT2D eigenvalue weighted by molar-refractivity contribution is 5.93. The molecular weight excluding hydrogens is 250 g/mol. The van der Waals surface area contributed by atoms with Crippen molar-refractivity contribution in [2.75, 3.05) is 25.0 Å². The number of hydrogen-bond donors (Lipinski definition) is 2. The summed E-state index contributed by atoms with van der Waals surface area (Å²) < 4.78 is 0. The number of aryl methyl sites for hydroxylation is 2. The summed E-state index contributed by atoms with van der Waals surface area (Å²) in [5.41, 5.74) is 9.27. The first kappa shape index (κ1) is 15.0. The molecule has 1 saturated heterocycles. The van der Waals surface area contributed by atoms with Gasteiger partial charge in [-0.1, -0.05) is 24.6 Å². The lowest BCUT2D eigenvalue weighted by atomic mass is 9.94. The lowest BCUT2D eigenvalue weighted by Gasteiger charge is -2.34. The summed E-state index contributed by atoms with van der Waals surface area (Å²) in [7, 11) is 0. The van der Waals surface area contributed by atoms with E-state index in [-0.39, 0.29) is 11.9 Å². The number of nitrogens with zero attached hydrogens (tertiary/aromatic N) is 1. The summed E-state index contributed by atoms with van der Waals surface area (Å²) in [5.74, 6) is 0.590. The van der Waals surface area contributed by atoms with Crippen LogP contribution in [0.5, 0.6) is 0 Å². The minimum absolute atomic E-state index is 0.0405. The van der Waals surface area contributed by atoms with Crippen molar-refractivity contribution in [2.45, 2.75) is 33.2 Å². The molecule has 4 heteroatoms. The number of nitrogens with one attached hydrogen (secondary N) is 1. The van der Waals surface area contributed by atoms with Gasteiger partial charge in [0.15, 0.2) is 0 Å². The summed E-state index contributed by atoms with van der Waals surface area (Å²) in [6.45, 7) is 8.43. The van der Waals surface area contributed by atoms with Gasteiger partial charge in [0, 0.05) is 18.3 Å². The molecular formula is C16H25N3O. The number of nitrogens with two attached hydrogens (primary N) is 1. The Morgan fingerprint density at radius 2 is 2.20 bits per heavy atom. The zero-order valence-electron chi connectivity index (χ0n) is 12.6. The highest BCUT2D eigenvalue weighted by Gasteiger charge is 2.24. The smallest absolute Gasteiger partial charge is 0.238 e. The quantitative estimate of drug-likeness (QED) is 0.886. The van der Waals surface area contributed by atoms with Gasteiger partial charge in [-0.2, -0.15) is 0 Å². The number of piperidine rings is 1. The zero-order chi connectivity index (χ0) is 14.7. The molecule has 1 aliphatic rings. The van der Waals surface area contributed by atoms with E-state index in [1.165, 1.54) is 5.56 Å². The first-order chi connectivity index (χ1) is 9.45. The number of rotatable bonds is 3. The predicted molar refractivity (Wildman–Crippen MR) is 82.7 cm³/mol. The summed E-state index contributed by atoms with van der Waals surface area (Å²) in [5, 5.41) is 2.99. The molecule has 1 fully saturated rings. The number of anilines is 1. The summed E-state index contributed by atoms with van der Waals surface area (Å²) in [6.07, 6.45) is 1.07. The molecule has 1 heterocycles. The van der Waals surface area contributed by atoms with Gasteiger partial charge in [0.2, 0.25) is 5.91 Å². The molecule has 2 atom stereocenters. The summed E-state index contributed by atoms with van der Waals surface area (Å²) >= 11 is 0. The molecule has 1 amide bonds. The molecule has 1 aliphatic heterocycles. The molecule has 0 aliphatic carbocycles. The highest BCUT2D eigenvalue weighted by Crippen LogP contribution is 2.17. The minimum atomic E-state index is 0.0405. The topological polar surface area (TPSA) is 58.4 Å². The van der Waals surface area contributed by atoms with Crippen molar-refractivity contribution in [3.63, 3.8) is 0 Å². The van der Waals surface area contributed by atoms with Crippen LogP contribution in [0.25, 0.3) is 0 Å². The van der Waals surface area contributed by atoms with Gasteiger partial charge in [-0.25, -0.2) is 0 Å². The van der Waals surface area contributed by atoms with E-state index in [0.717, 1.165) is 30.8 Å². The third kappa shape index (κ3) is 3.81. The number of benzene rings is 1. The molecule has 2 rings (SSSR count). The van der Waals surface area contributed by atoms with Crippen LogP contribution < -0.4 is 11.1 Å². The van der Waals surface area contributed by atoms with Crippen molar-refractivity contribution in [2.24, 2.45) is 11.7 Å². The van der Waals surface area contributed by atoms with Gasteiger partial charge in [-0.05, 0) is 44.4 Å². The molecule has 2 unspecified atom stereocenters. The Kier molecular flexibility index (Phi) is 4.78. The van der Waals surface area contributed by atoms with Crippen LogP contribution in [-0.4, -0.2) is 36.5 Å². The van der Waals surface area contributed by atoms with Crippen LogP contribution in [0.1, 0.15) is 24.5 Å². The van der Waals surface area contributed by atoms with E-state index in [0.29, 0.717) is 12.5 Å². The van der Waals surface area contributed by atoms with E-state index in [1.807, 2.05) is 19.1 Å². The van der Waals surface area contributed by atoms with E-state index in [2.05, 4.69) is 30.1 Å². The molecule has 110 valence electrons. The lowest BCUT2D eigenvalue weighted by Crippen LogP contribution is -2.49. The zero-order valence-corrected chi connectivity index (χ0v) is 12.6. The van der Waals surface area contributed by atoms with Gasteiger partial charge >= 0.3 is 0 Å². The Hall–Kier alpha value is -1.39. The Morgan fingerprint density at radius 3 is 2.85 bits per heavy atom. The van der Waals surface area contributed by atoms with Crippen molar-refractivity contribution in [1.82, 2.24) is 4.90 Å². The number of carbonyl (C=O) groups excluding carboxylic acids is 1. The van der Waals surface area contributed by atoms with Crippen molar-refractivity contribution < 1.29 is 4.79 Å². The molecule has 3 N–H and O–H groups in total. The first-order valence-electron chi connectivity index (χ1n) is 7.30. The molecule has 20 heavy (non-hydrogen) atoms. The van der Waals surface area contributed by atoms with Gasteiger partial charge < -0.3 is 11.1 Å². The monoisotopic (exact) mass is 275 g/mol. The fourth-order valence-electron chi connectivity index (χ4n) is 2.66. The molecule has 4 nitrogen and oxygen atoms in total. The van der Waals surface area contributed by atoms with Crippen LogP contribution in [0.15, 0.2) is 18.2 Å². The second-order valence-electron chi connectivity index (χ2n) is 6.03. The van der Waals surface area contributed by atoms with Crippen LogP contribution in [-0.2, 0) is 4.79 Å². The van der Waals surface area contributed by atoms with E-state index >= 15 is 0 Å². The number of carbonyl (C=O) groups is 1. The fourth-order valence-corrected chi connectivity index (χ4v) is 2.66. The SMILES string of the molecule is Cc1ccc(NC(=O)CN2CCC(C)C(N)C2)c(C)c1. The maximum Gasteiger partial charge on any atom is 0.238 e. The Labute approximate surface area is 121 Å². The average Bonchev–Trinajstić information content (AvgIpc) is 2.37. The molecule has 0 aromatic heterocycles. The maximum atomic E-state index is 12.1. The van der Waals surface area contributed by atoms with E-state index < -0.39 is 0 Å². The Balaban J connectivity index is 1.89. The maximum absolute atomic E-state index is 12.1. The van der Waals surface area contributed by atoms with Crippen LogP contribution in [0.3, 0.4) is 0 Å². The van der Waals surface area contributed by atoms with Gasteiger partial charge in [0.05, 0.1) is 6.54 Å². The Morgan fingerprint density at radius 1 is 1.45 bits per heavy atom. The van der Waals surface area contributed by atoms with E-state index in [4.69, 9.17) is 5.73 Å². The van der Waals surface area contributed by atoms with Crippen molar-refractivity contribution in [3.05, 3.63) is 29.3 Å². The van der Waals surface area contributed by atoms with Crippen molar-refractivity contribution in [3.8, 4) is 0 Å². The molecule has 0 bridgehead atoms. The predicted octanol–water partition coefficient (Wildman–Crippen LogP) is 1.91. The summed E-state index contributed by atoms with van der Waals surface area (Å²) in [4.78, 5) is 14.3. The third-order valence-electron chi connectivity index (χ3n) is 4.12. The standard InChI is InChI=1S/C16H25N3O/c1-11-4-5-15(13(3)8-11)18-16(20)10-19-7-6-12(2)14(17)9-19/h4-5,8,12,14H,6-7,9-10,17H2,1-3H3,(H,18,20). The second-order valence-corrected chi connectivity index (χ2v) is 6.03. The number of hydrogen-bond acceptors (Lipinski definition) is 3. The van der Waals surface area contributed by atoms with Gasteiger partial charge in [-0.3, -0.25) is 9.69 Å². The average molecular weight is 275 g/mol. The Bertz CT molecular complexity index is 487. The normalized spacial score (nSPS) is 23.6. The van der Waals surface area contributed by atoms with Gasteiger partial charge in [-0.15, -0.1) is 0 Å². The molecule has 0 radical (unpaired) electrons. The number of amides is 1. The third-order valence-corrected chi connectivity index (χ3v) is 4.12. The molecule has 0 spiro atoms. The fraction of sp³-hybridized carbons (Fsp3) is 0.562. The number of likely N-dealkylation sites (tertiary alicyclic amines) is 1. The molecule has 0 saturated carbocycles. The van der Waals surface area contributed by atoms with Crippen LogP contribution in [0.4, 0.5) is 5.69 Å². The lowest BCUT2D eigenvalue weighted by molar-refractivity contribution is -0.117. The van der Waals surface area contributed by atoms with Crippen LogP contribution >= 0.6 is 0 Å². The second kappa shape index (κ2) is 6.37. The van der Waals surface area contributed by atoms with Crippen molar-refractivity contribution >= 4 is 11.6 Å². The van der Waals surface area contributed by atoms with Crippen LogP contribution in [0.2, 0.25) is 0 Å². The molecule has 1 aromatic rings. The highest BCUT2D eigenvalue weighted by atomic mass is 16.2. The summed E-state index contributed by atoms with van der Waals surface area (Å²) in [6, 6.07) is 6.24. The van der Waals surface area contributed by atoms with Gasteiger partial charge in [0.1, 0.15) is 0 Å². The van der Waals surface area contributed by atoms with Crippen molar-refractivity contribution in [1.29, 1.82) is 0 Å². The first-order valence-corrected chi connectivity index (χ1v) is 7.30. The minimum Gasteiger partial charge on any atom is -0.326 e. The van der Waals surface area contributed by atoms with Gasteiger partial charge in [0.25, 0.3) is 0 Å². The van der Waals surface area contributed by atoms with E-state index in [9.17, 15) is 4.79 Å².